The molecule has 0 radical (unpaired) electrons. The van der Waals surface area contributed by atoms with E-state index in [0.717, 1.165) is 31.2 Å². The van der Waals surface area contributed by atoms with Crippen molar-refractivity contribution < 1.29 is 9.59 Å². The first-order chi connectivity index (χ1) is 16.3. The van der Waals surface area contributed by atoms with E-state index in [-0.39, 0.29) is 29.0 Å². The van der Waals surface area contributed by atoms with Crippen LogP contribution in [-0.2, 0) is 10.2 Å². The van der Waals surface area contributed by atoms with E-state index in [0.29, 0.717) is 11.3 Å². The molecule has 0 saturated heterocycles. The highest BCUT2D eigenvalue weighted by Gasteiger charge is 2.35. The Balaban J connectivity index is 1.77. The Bertz CT molecular complexity index is 1080. The normalized spacial score (nSPS) is 15.5. The molecule has 2 heterocycles. The van der Waals surface area contributed by atoms with Crippen LogP contribution in [0.2, 0.25) is 0 Å². The van der Waals surface area contributed by atoms with Gasteiger partial charge in [-0.1, -0.05) is 58.2 Å². The summed E-state index contributed by atoms with van der Waals surface area (Å²) in [5.74, 6) is -0.555. The van der Waals surface area contributed by atoms with E-state index in [4.69, 9.17) is 0 Å². The van der Waals surface area contributed by atoms with Crippen LogP contribution < -0.4 is 10.2 Å². The smallest absolute Gasteiger partial charge is 0.279 e. The lowest BCUT2D eigenvalue weighted by molar-refractivity contribution is -0.123. The van der Waals surface area contributed by atoms with E-state index < -0.39 is 6.04 Å². The maximum atomic E-state index is 13.8. The average molecular weight is 460 g/mol. The Morgan fingerprint density at radius 1 is 1.09 bits per heavy atom. The summed E-state index contributed by atoms with van der Waals surface area (Å²) in [5.41, 5.74) is 2.65. The first-order valence-corrected chi connectivity index (χ1v) is 12.0. The van der Waals surface area contributed by atoms with E-state index in [2.05, 4.69) is 41.0 Å². The molecule has 7 nitrogen and oxygen atoms in total. The fraction of sp³-hybridized carbons (Fsp3) is 0.407. The number of benzene rings is 1. The standard InChI is InChI=1S/C27H33N5O2/c1-27(2,3)20-11-13-22(14-12-20)32(26(34)23-17-29-18-30-23)24(19-8-7-15-28-16-19)25(33)31-21-9-5-4-6-10-21/h7-8,11-18,21,24H,4-6,9-10H2,1-3H3,(H,29,30)(H,31,33). The number of nitrogens with one attached hydrogen (secondary N) is 2. The first-order valence-electron chi connectivity index (χ1n) is 12.0. The van der Waals surface area contributed by atoms with Gasteiger partial charge in [-0.25, -0.2) is 4.98 Å². The predicted octanol–water partition coefficient (Wildman–Crippen LogP) is 4.94. The number of carbonyl (C=O) groups excluding carboxylic acids is 2. The third kappa shape index (κ3) is 5.35. The van der Waals surface area contributed by atoms with Crippen LogP contribution in [0.3, 0.4) is 0 Å². The van der Waals surface area contributed by atoms with Crippen molar-refractivity contribution >= 4 is 17.5 Å². The highest BCUT2D eigenvalue weighted by Crippen LogP contribution is 2.32. The van der Waals surface area contributed by atoms with Crippen molar-refractivity contribution in [2.75, 3.05) is 4.90 Å². The largest absolute Gasteiger partial charge is 0.351 e. The summed E-state index contributed by atoms with van der Waals surface area (Å²) < 4.78 is 0. The number of aromatic nitrogens is 3. The lowest BCUT2D eigenvalue weighted by atomic mass is 9.87. The summed E-state index contributed by atoms with van der Waals surface area (Å²) in [6.45, 7) is 6.43. The van der Waals surface area contributed by atoms with Gasteiger partial charge in [0.15, 0.2) is 0 Å². The summed E-state index contributed by atoms with van der Waals surface area (Å²) in [6.07, 6.45) is 11.7. The maximum absolute atomic E-state index is 13.8. The summed E-state index contributed by atoms with van der Waals surface area (Å²) in [6, 6.07) is 10.7. The number of carbonyl (C=O) groups is 2. The molecule has 1 atom stereocenters. The highest BCUT2D eigenvalue weighted by molar-refractivity contribution is 6.09. The van der Waals surface area contributed by atoms with Crippen molar-refractivity contribution in [3.63, 3.8) is 0 Å². The third-order valence-corrected chi connectivity index (χ3v) is 6.41. The fourth-order valence-corrected chi connectivity index (χ4v) is 4.49. The van der Waals surface area contributed by atoms with Crippen molar-refractivity contribution in [2.24, 2.45) is 0 Å². The Morgan fingerprint density at radius 3 is 2.41 bits per heavy atom. The molecule has 7 heteroatoms. The van der Waals surface area contributed by atoms with Gasteiger partial charge in [0.1, 0.15) is 11.7 Å². The number of amides is 2. The van der Waals surface area contributed by atoms with Gasteiger partial charge in [-0.2, -0.15) is 0 Å². The number of nitrogens with zero attached hydrogens (tertiary/aromatic N) is 3. The molecule has 0 bridgehead atoms. The Labute approximate surface area is 201 Å². The lowest BCUT2D eigenvalue weighted by Crippen LogP contribution is -2.47. The number of rotatable bonds is 6. The van der Waals surface area contributed by atoms with Crippen LogP contribution >= 0.6 is 0 Å². The number of anilines is 1. The minimum atomic E-state index is -0.875. The first kappa shape index (κ1) is 23.7. The molecule has 1 saturated carbocycles. The molecule has 1 fully saturated rings. The number of H-pyrrole nitrogens is 1. The van der Waals surface area contributed by atoms with Gasteiger partial charge >= 0.3 is 0 Å². The van der Waals surface area contributed by atoms with Gasteiger partial charge in [-0.15, -0.1) is 0 Å². The van der Waals surface area contributed by atoms with Gasteiger partial charge in [0, 0.05) is 35.9 Å². The Kier molecular flexibility index (Phi) is 7.10. The average Bonchev–Trinajstić information content (AvgIpc) is 3.38. The second-order valence-corrected chi connectivity index (χ2v) is 9.96. The molecule has 2 N–H and O–H groups in total. The summed E-state index contributed by atoms with van der Waals surface area (Å²) >= 11 is 0. The van der Waals surface area contributed by atoms with E-state index in [1.54, 1.807) is 24.7 Å². The monoisotopic (exact) mass is 459 g/mol. The van der Waals surface area contributed by atoms with E-state index >= 15 is 0 Å². The Hall–Kier alpha value is -3.48. The van der Waals surface area contributed by atoms with Gasteiger partial charge < -0.3 is 10.3 Å². The minimum absolute atomic E-state index is 0.0311. The highest BCUT2D eigenvalue weighted by atomic mass is 16.2. The molecule has 0 aliphatic heterocycles. The molecule has 1 aliphatic rings. The number of hydrogen-bond acceptors (Lipinski definition) is 4. The van der Waals surface area contributed by atoms with Crippen LogP contribution in [-0.4, -0.2) is 32.8 Å². The van der Waals surface area contributed by atoms with Gasteiger partial charge in [0.05, 0.1) is 6.33 Å². The fourth-order valence-electron chi connectivity index (χ4n) is 4.49. The van der Waals surface area contributed by atoms with Crippen LogP contribution in [0.25, 0.3) is 0 Å². The van der Waals surface area contributed by atoms with Crippen LogP contribution in [0.15, 0.2) is 61.3 Å². The maximum Gasteiger partial charge on any atom is 0.279 e. The summed E-state index contributed by atoms with van der Waals surface area (Å²) in [4.78, 5) is 40.3. The zero-order valence-corrected chi connectivity index (χ0v) is 20.1. The van der Waals surface area contributed by atoms with Crippen molar-refractivity contribution in [1.82, 2.24) is 20.3 Å². The van der Waals surface area contributed by atoms with Gasteiger partial charge in [0.25, 0.3) is 5.91 Å². The molecule has 34 heavy (non-hydrogen) atoms. The molecular formula is C27H33N5O2. The number of hydrogen-bond donors (Lipinski definition) is 2. The quantitative estimate of drug-likeness (QED) is 0.546. The van der Waals surface area contributed by atoms with Crippen LogP contribution in [0, 0.1) is 0 Å². The Morgan fingerprint density at radius 2 is 1.82 bits per heavy atom. The third-order valence-electron chi connectivity index (χ3n) is 6.41. The second kappa shape index (κ2) is 10.2. The van der Waals surface area contributed by atoms with Gasteiger partial charge in [-0.05, 0) is 42.0 Å². The molecular weight excluding hydrogens is 426 g/mol. The van der Waals surface area contributed by atoms with Crippen LogP contribution in [0.5, 0.6) is 0 Å². The van der Waals surface area contributed by atoms with E-state index in [1.807, 2.05) is 30.3 Å². The topological polar surface area (TPSA) is 91.0 Å². The molecule has 1 aromatic carbocycles. The number of imidazole rings is 1. The van der Waals surface area contributed by atoms with Crippen molar-refractivity contribution in [1.29, 1.82) is 0 Å². The molecule has 178 valence electrons. The molecule has 1 aliphatic carbocycles. The zero-order valence-electron chi connectivity index (χ0n) is 20.1. The molecule has 3 aromatic rings. The molecule has 4 rings (SSSR count). The van der Waals surface area contributed by atoms with Gasteiger partial charge in [0.2, 0.25) is 5.91 Å². The number of aromatic amines is 1. The lowest BCUT2D eigenvalue weighted by Gasteiger charge is -2.33. The summed E-state index contributed by atoms with van der Waals surface area (Å²) in [7, 11) is 0. The van der Waals surface area contributed by atoms with E-state index in [1.165, 1.54) is 17.6 Å². The van der Waals surface area contributed by atoms with Crippen LogP contribution in [0.4, 0.5) is 5.69 Å². The van der Waals surface area contributed by atoms with Crippen LogP contribution in [0.1, 0.15) is 80.5 Å². The second-order valence-electron chi connectivity index (χ2n) is 9.96. The predicted molar refractivity (Wildman–Crippen MR) is 133 cm³/mol. The van der Waals surface area contributed by atoms with Gasteiger partial charge in [-0.3, -0.25) is 19.5 Å². The molecule has 2 amide bonds. The SMILES string of the molecule is CC(C)(C)c1ccc(N(C(=O)c2c[nH]cn2)C(C(=O)NC2CCCCC2)c2cccnc2)cc1. The van der Waals surface area contributed by atoms with Crippen molar-refractivity contribution in [3.8, 4) is 0 Å². The van der Waals surface area contributed by atoms with E-state index in [9.17, 15) is 9.59 Å². The minimum Gasteiger partial charge on any atom is -0.351 e. The summed E-state index contributed by atoms with van der Waals surface area (Å²) in [5, 5.41) is 3.21. The molecule has 1 unspecified atom stereocenters. The van der Waals surface area contributed by atoms with Crippen molar-refractivity contribution in [2.45, 2.75) is 70.4 Å². The molecule has 2 aromatic heterocycles. The molecule has 0 spiro atoms. The number of pyridine rings is 1. The van der Waals surface area contributed by atoms with Crippen molar-refractivity contribution in [3.05, 3.63) is 78.1 Å². The zero-order chi connectivity index (χ0) is 24.1.